The highest BCUT2D eigenvalue weighted by Gasteiger charge is 2.34. The summed E-state index contributed by atoms with van der Waals surface area (Å²) < 4.78 is 58.5. The monoisotopic (exact) mass is 390 g/mol. The van der Waals surface area contributed by atoms with E-state index in [2.05, 4.69) is 10.3 Å². The van der Waals surface area contributed by atoms with E-state index in [1.165, 1.54) is 36.5 Å². The van der Waals surface area contributed by atoms with E-state index in [4.69, 9.17) is 4.74 Å². The van der Waals surface area contributed by atoms with Crippen LogP contribution in [0, 0.1) is 19.7 Å². The lowest BCUT2D eigenvalue weighted by molar-refractivity contribution is -0.138. The highest BCUT2D eigenvalue weighted by molar-refractivity contribution is 5.43. The molecule has 1 heterocycles. The molecule has 7 heteroatoms. The summed E-state index contributed by atoms with van der Waals surface area (Å²) in [5, 5.41) is 3.00. The van der Waals surface area contributed by atoms with Crippen LogP contribution in [0.2, 0.25) is 0 Å². The SMILES string of the molecule is Cc1cc(C)c(CNc2ccc(Oc3ccccc3C(F)(F)F)cn2)c(F)c1. The fourth-order valence-electron chi connectivity index (χ4n) is 2.81. The Morgan fingerprint density at radius 1 is 1.04 bits per heavy atom. The number of halogens is 4. The van der Waals surface area contributed by atoms with Gasteiger partial charge < -0.3 is 10.1 Å². The normalized spacial score (nSPS) is 11.4. The maximum absolute atomic E-state index is 14.1. The molecule has 0 aliphatic carbocycles. The van der Waals surface area contributed by atoms with Crippen LogP contribution in [0.25, 0.3) is 0 Å². The second-order valence-corrected chi connectivity index (χ2v) is 6.37. The lowest BCUT2D eigenvalue weighted by atomic mass is 10.0. The Hall–Kier alpha value is -3.09. The first-order valence-corrected chi connectivity index (χ1v) is 8.53. The van der Waals surface area contributed by atoms with Gasteiger partial charge in [0.05, 0.1) is 11.8 Å². The molecule has 3 aromatic rings. The Labute approximate surface area is 160 Å². The van der Waals surface area contributed by atoms with Gasteiger partial charge in [0.15, 0.2) is 0 Å². The average Bonchev–Trinajstić information content (AvgIpc) is 2.62. The number of hydrogen-bond acceptors (Lipinski definition) is 3. The zero-order chi connectivity index (χ0) is 20.3. The maximum Gasteiger partial charge on any atom is 0.419 e. The van der Waals surface area contributed by atoms with Crippen LogP contribution < -0.4 is 10.1 Å². The van der Waals surface area contributed by atoms with E-state index < -0.39 is 11.7 Å². The van der Waals surface area contributed by atoms with Crippen LogP contribution in [0.1, 0.15) is 22.3 Å². The molecule has 0 spiro atoms. The van der Waals surface area contributed by atoms with Gasteiger partial charge in [0.2, 0.25) is 0 Å². The van der Waals surface area contributed by atoms with Gasteiger partial charge in [-0.3, -0.25) is 0 Å². The molecule has 1 aromatic heterocycles. The summed E-state index contributed by atoms with van der Waals surface area (Å²) in [7, 11) is 0. The van der Waals surface area contributed by atoms with Crippen molar-refractivity contribution in [2.24, 2.45) is 0 Å². The molecule has 0 saturated carbocycles. The molecule has 0 aliphatic rings. The van der Waals surface area contributed by atoms with Crippen molar-refractivity contribution in [3.8, 4) is 11.5 Å². The predicted octanol–water partition coefficient (Wildman–Crippen LogP) is 6.26. The Morgan fingerprint density at radius 2 is 1.79 bits per heavy atom. The molecule has 0 fully saturated rings. The number of hydrogen-bond donors (Lipinski definition) is 1. The van der Waals surface area contributed by atoms with E-state index in [-0.39, 0.29) is 23.9 Å². The molecule has 0 bridgehead atoms. The molecular formula is C21H18F4N2O. The third-order valence-electron chi connectivity index (χ3n) is 4.17. The zero-order valence-electron chi connectivity index (χ0n) is 15.3. The molecule has 0 aliphatic heterocycles. The van der Waals surface area contributed by atoms with E-state index in [0.717, 1.165) is 17.2 Å². The van der Waals surface area contributed by atoms with Crippen LogP contribution in [0.5, 0.6) is 11.5 Å². The zero-order valence-corrected chi connectivity index (χ0v) is 15.3. The smallest absolute Gasteiger partial charge is 0.419 e. The van der Waals surface area contributed by atoms with Gasteiger partial charge in [-0.1, -0.05) is 18.2 Å². The van der Waals surface area contributed by atoms with E-state index >= 15 is 0 Å². The molecule has 2 aromatic carbocycles. The van der Waals surface area contributed by atoms with Crippen molar-refractivity contribution < 1.29 is 22.3 Å². The van der Waals surface area contributed by atoms with Gasteiger partial charge in [0, 0.05) is 12.1 Å². The van der Waals surface area contributed by atoms with Gasteiger partial charge in [-0.15, -0.1) is 0 Å². The summed E-state index contributed by atoms with van der Waals surface area (Å²) in [4.78, 5) is 4.12. The highest BCUT2D eigenvalue weighted by Crippen LogP contribution is 2.37. The second kappa shape index (κ2) is 7.88. The van der Waals surface area contributed by atoms with Crippen LogP contribution in [-0.2, 0) is 12.7 Å². The minimum atomic E-state index is -4.51. The quantitative estimate of drug-likeness (QED) is 0.522. The number of para-hydroxylation sites is 1. The number of benzene rings is 2. The Balaban J connectivity index is 1.70. The summed E-state index contributed by atoms with van der Waals surface area (Å²) in [6.45, 7) is 3.89. The van der Waals surface area contributed by atoms with Crippen molar-refractivity contribution in [3.63, 3.8) is 0 Å². The summed E-state index contributed by atoms with van der Waals surface area (Å²) in [5.41, 5.74) is 1.35. The Morgan fingerprint density at radius 3 is 2.43 bits per heavy atom. The number of nitrogens with zero attached hydrogens (tertiary/aromatic N) is 1. The van der Waals surface area contributed by atoms with E-state index in [0.29, 0.717) is 11.4 Å². The van der Waals surface area contributed by atoms with E-state index in [1.54, 1.807) is 6.07 Å². The fourth-order valence-corrected chi connectivity index (χ4v) is 2.81. The standard InChI is InChI=1S/C21H18F4N2O/c1-13-9-14(2)16(18(22)10-13)12-27-20-8-7-15(11-26-20)28-19-6-4-3-5-17(19)21(23,24)25/h3-11H,12H2,1-2H3,(H,26,27). The average molecular weight is 390 g/mol. The topological polar surface area (TPSA) is 34.1 Å². The van der Waals surface area contributed by atoms with Crippen molar-refractivity contribution in [1.82, 2.24) is 4.98 Å². The predicted molar refractivity (Wildman–Crippen MR) is 99.0 cm³/mol. The minimum Gasteiger partial charge on any atom is -0.455 e. The van der Waals surface area contributed by atoms with Gasteiger partial charge in [-0.05, 0) is 55.3 Å². The number of aromatic nitrogens is 1. The van der Waals surface area contributed by atoms with Crippen molar-refractivity contribution in [1.29, 1.82) is 0 Å². The van der Waals surface area contributed by atoms with Gasteiger partial charge in [0.1, 0.15) is 23.1 Å². The number of pyridine rings is 1. The number of aryl methyl sites for hydroxylation is 2. The van der Waals surface area contributed by atoms with E-state index in [9.17, 15) is 17.6 Å². The first kappa shape index (κ1) is 19.7. The molecule has 0 atom stereocenters. The lowest BCUT2D eigenvalue weighted by Crippen LogP contribution is -2.07. The molecule has 0 unspecified atom stereocenters. The van der Waals surface area contributed by atoms with Crippen LogP contribution in [-0.4, -0.2) is 4.98 Å². The molecule has 28 heavy (non-hydrogen) atoms. The molecule has 0 saturated heterocycles. The lowest BCUT2D eigenvalue weighted by Gasteiger charge is -2.14. The first-order valence-electron chi connectivity index (χ1n) is 8.53. The molecule has 1 N–H and O–H groups in total. The number of ether oxygens (including phenoxy) is 1. The van der Waals surface area contributed by atoms with Crippen LogP contribution in [0.3, 0.4) is 0 Å². The number of nitrogens with one attached hydrogen (secondary N) is 1. The summed E-state index contributed by atoms with van der Waals surface area (Å²) in [6.07, 6.45) is -3.20. The minimum absolute atomic E-state index is 0.167. The molecule has 3 rings (SSSR count). The third kappa shape index (κ3) is 4.60. The molecule has 0 radical (unpaired) electrons. The van der Waals surface area contributed by atoms with Crippen molar-refractivity contribution in [3.05, 3.63) is 82.8 Å². The molecule has 3 nitrogen and oxygen atoms in total. The Bertz CT molecular complexity index is 946. The van der Waals surface area contributed by atoms with Crippen LogP contribution >= 0.6 is 0 Å². The number of alkyl halides is 3. The summed E-state index contributed by atoms with van der Waals surface area (Å²) in [5.74, 6) is 0.0272. The Kier molecular flexibility index (Phi) is 5.53. The summed E-state index contributed by atoms with van der Waals surface area (Å²) in [6, 6.07) is 11.4. The van der Waals surface area contributed by atoms with E-state index in [1.807, 2.05) is 19.9 Å². The van der Waals surface area contributed by atoms with Gasteiger partial charge in [-0.2, -0.15) is 13.2 Å². The fraction of sp³-hybridized carbons (Fsp3) is 0.190. The van der Waals surface area contributed by atoms with Crippen LogP contribution in [0.4, 0.5) is 23.4 Å². The highest BCUT2D eigenvalue weighted by atomic mass is 19.4. The van der Waals surface area contributed by atoms with Crippen molar-refractivity contribution >= 4 is 5.82 Å². The summed E-state index contributed by atoms with van der Waals surface area (Å²) >= 11 is 0. The maximum atomic E-state index is 14.1. The third-order valence-corrected chi connectivity index (χ3v) is 4.17. The first-order chi connectivity index (χ1) is 13.2. The van der Waals surface area contributed by atoms with Crippen molar-refractivity contribution in [2.75, 3.05) is 5.32 Å². The number of rotatable bonds is 5. The second-order valence-electron chi connectivity index (χ2n) is 6.37. The van der Waals surface area contributed by atoms with Gasteiger partial charge in [-0.25, -0.2) is 9.37 Å². The van der Waals surface area contributed by atoms with Crippen molar-refractivity contribution in [2.45, 2.75) is 26.6 Å². The molecule has 146 valence electrons. The van der Waals surface area contributed by atoms with Gasteiger partial charge in [0.25, 0.3) is 0 Å². The molecule has 0 amide bonds. The van der Waals surface area contributed by atoms with Crippen LogP contribution in [0.15, 0.2) is 54.7 Å². The largest absolute Gasteiger partial charge is 0.455 e. The number of anilines is 1. The van der Waals surface area contributed by atoms with Gasteiger partial charge >= 0.3 is 6.18 Å². The molecular weight excluding hydrogens is 372 g/mol.